The summed E-state index contributed by atoms with van der Waals surface area (Å²) in [4.78, 5) is 181. The van der Waals surface area contributed by atoms with Gasteiger partial charge in [0.25, 0.3) is 0 Å². The van der Waals surface area contributed by atoms with E-state index in [0.717, 1.165) is 6.92 Å². The number of nitrogens with one attached hydrogen (secondary N) is 9. The molecule has 0 unspecified atom stereocenters. The minimum absolute atomic E-state index is 0.126. The van der Waals surface area contributed by atoms with Gasteiger partial charge in [0.2, 0.25) is 65.0 Å². The van der Waals surface area contributed by atoms with Gasteiger partial charge in [-0.25, -0.2) is 4.79 Å². The Balaban J connectivity index is 3.37. The number of hydrogen-bond donors (Lipinski definition) is 18. The van der Waals surface area contributed by atoms with Gasteiger partial charge in [0.15, 0.2) is 0 Å². The Morgan fingerprint density at radius 2 is 0.890 bits per heavy atom. The molecule has 0 spiro atoms. The lowest BCUT2D eigenvalue weighted by atomic mass is 9.95. The molecule has 1 aromatic rings. The molecule has 32 nitrogen and oxygen atoms in total. The second-order valence-electron chi connectivity index (χ2n) is 20.1. The second kappa shape index (κ2) is 34.6. The molecule has 32 heteroatoms. The number of benzene rings is 1. The van der Waals surface area contributed by atoms with Gasteiger partial charge in [-0.2, -0.15) is 0 Å². The quantitative estimate of drug-likeness (QED) is 0.0295. The predicted octanol–water partition coefficient (Wildman–Crippen LogP) is -6.08. The van der Waals surface area contributed by atoms with Crippen molar-refractivity contribution in [1.29, 1.82) is 0 Å². The molecule has 11 amide bonds. The summed E-state index contributed by atoms with van der Waals surface area (Å²) in [6, 6.07) is -11.7. The van der Waals surface area contributed by atoms with Gasteiger partial charge in [0.05, 0.1) is 31.6 Å². The van der Waals surface area contributed by atoms with Crippen molar-refractivity contribution in [3.05, 3.63) is 29.8 Å². The van der Waals surface area contributed by atoms with Crippen LogP contribution in [0.25, 0.3) is 0 Å². The Bertz CT molecular complexity index is 2460. The van der Waals surface area contributed by atoms with E-state index in [-0.39, 0.29) is 25.0 Å². The summed E-state index contributed by atoms with van der Waals surface area (Å²) < 4.78 is 0. The highest BCUT2D eigenvalue weighted by molar-refractivity contribution is 6.00. The molecular weight excluding hydrogens is 1090 g/mol. The molecule has 0 bridgehead atoms. The van der Waals surface area contributed by atoms with Crippen LogP contribution >= 0.6 is 0 Å². The Labute approximate surface area is 470 Å². The third-order valence-corrected chi connectivity index (χ3v) is 12.5. The fourth-order valence-electron chi connectivity index (χ4n) is 7.54. The molecule has 0 aliphatic carbocycles. The van der Waals surface area contributed by atoms with E-state index in [2.05, 4.69) is 37.2 Å². The number of carboxylic acid groups (broad SMARTS) is 3. The normalized spacial score (nSPS) is 15.5. The summed E-state index contributed by atoms with van der Waals surface area (Å²) in [5.41, 5.74) is 16.8. The third-order valence-electron chi connectivity index (χ3n) is 12.5. The number of amides is 11. The van der Waals surface area contributed by atoms with Gasteiger partial charge in [0.1, 0.15) is 60.1 Å². The number of aromatic hydroxyl groups is 1. The van der Waals surface area contributed by atoms with Crippen molar-refractivity contribution < 1.29 is 97.8 Å². The first-order valence-electron chi connectivity index (χ1n) is 25.9. The molecule has 1 aromatic carbocycles. The molecule has 12 atom stereocenters. The first-order valence-corrected chi connectivity index (χ1v) is 25.9. The maximum absolute atomic E-state index is 14.0. The Kier molecular flexibility index (Phi) is 30.2. The summed E-state index contributed by atoms with van der Waals surface area (Å²) in [7, 11) is 0. The lowest BCUT2D eigenvalue weighted by Crippen LogP contribution is -2.63. The number of aliphatic carboxylic acids is 3. The standard InChI is InChI=1S/C50H78N12O20/c1-8-23(6)39(61-44(75)29(18-34(53)67)55-46(77)37(21(2)3)59-41(72)27(51)13-16-35(68)69)48(79)60-38(22(4)5)47(78)62-40(24(7)64)49(80)56-30(19-36(70)71)43(74)58-32(20-63)45(76)54-28(14-15-33(52)66)42(73)57-31(50(81)82)17-25-9-11-26(65)12-10-25/h9-12,21-24,27-32,37-40,63-65H,8,13-20,51H2,1-7H3,(H2,52,66)(H2,53,67)(H,54,76)(H,55,77)(H,56,80)(H,57,73)(H,58,74)(H,59,72)(H,60,79)(H,61,75)(H,62,78)(H,68,69)(H,70,71)(H,81,82)/t23-,24+,27-,28-,29-,30-,31-,32-,37-,38-,39-,40-/m0/s1. The van der Waals surface area contributed by atoms with E-state index < -0.39 is 206 Å². The molecule has 0 heterocycles. The van der Waals surface area contributed by atoms with Crippen LogP contribution < -0.4 is 65.1 Å². The van der Waals surface area contributed by atoms with Gasteiger partial charge in [-0.3, -0.25) is 62.3 Å². The Hall–Kier alpha value is -8.52. The van der Waals surface area contributed by atoms with Gasteiger partial charge in [-0.1, -0.05) is 60.1 Å². The number of nitrogens with two attached hydrogens (primary N) is 3. The first kappa shape index (κ1) is 71.5. The number of rotatable bonds is 37. The first-order chi connectivity index (χ1) is 38.1. The summed E-state index contributed by atoms with van der Waals surface area (Å²) in [6.07, 6.45) is -5.71. The van der Waals surface area contributed by atoms with Crippen molar-refractivity contribution >= 4 is 82.9 Å². The summed E-state index contributed by atoms with van der Waals surface area (Å²) in [6.45, 7) is 8.93. The number of primary amides is 2. The average Bonchev–Trinajstić information content (AvgIpc) is 3.38. The number of phenols is 1. The molecule has 0 saturated heterocycles. The molecule has 0 aromatic heterocycles. The van der Waals surface area contributed by atoms with E-state index in [1.807, 2.05) is 10.6 Å². The third kappa shape index (κ3) is 24.9. The largest absolute Gasteiger partial charge is 0.508 e. The number of phenolic OH excluding ortho intramolecular Hbond substituents is 1. The van der Waals surface area contributed by atoms with Crippen molar-refractivity contribution in [2.24, 2.45) is 35.0 Å². The van der Waals surface area contributed by atoms with E-state index in [1.165, 1.54) is 58.9 Å². The van der Waals surface area contributed by atoms with E-state index in [9.17, 15) is 92.7 Å². The minimum Gasteiger partial charge on any atom is -0.508 e. The van der Waals surface area contributed by atoms with Gasteiger partial charge >= 0.3 is 17.9 Å². The predicted molar refractivity (Wildman–Crippen MR) is 284 cm³/mol. The highest BCUT2D eigenvalue weighted by atomic mass is 16.4. The molecule has 0 aliphatic rings. The van der Waals surface area contributed by atoms with Gasteiger partial charge in [-0.15, -0.1) is 0 Å². The highest BCUT2D eigenvalue weighted by Gasteiger charge is 2.39. The van der Waals surface area contributed by atoms with E-state index >= 15 is 0 Å². The average molecular weight is 1170 g/mol. The van der Waals surface area contributed by atoms with Crippen molar-refractivity contribution in [1.82, 2.24) is 47.9 Å². The van der Waals surface area contributed by atoms with Crippen molar-refractivity contribution in [2.45, 2.75) is 166 Å². The lowest BCUT2D eigenvalue weighted by molar-refractivity contribution is -0.142. The van der Waals surface area contributed by atoms with Crippen molar-refractivity contribution in [3.63, 3.8) is 0 Å². The van der Waals surface area contributed by atoms with Gasteiger partial charge in [-0.05, 0) is 55.2 Å². The van der Waals surface area contributed by atoms with E-state index in [1.54, 1.807) is 6.92 Å². The molecule has 0 aliphatic heterocycles. The number of aliphatic hydroxyl groups is 2. The fraction of sp³-hybridized carbons (Fsp3) is 0.600. The summed E-state index contributed by atoms with van der Waals surface area (Å²) in [5, 5.41) is 79.2. The van der Waals surface area contributed by atoms with E-state index in [4.69, 9.17) is 22.3 Å². The van der Waals surface area contributed by atoms with Crippen molar-refractivity contribution in [2.75, 3.05) is 6.61 Å². The molecule has 0 radical (unpaired) electrons. The molecule has 82 heavy (non-hydrogen) atoms. The molecule has 0 fully saturated rings. The number of carbonyl (C=O) groups excluding carboxylic acids is 11. The van der Waals surface area contributed by atoms with Gasteiger partial charge < -0.3 is 95.7 Å². The maximum atomic E-state index is 14.0. The van der Waals surface area contributed by atoms with Crippen LogP contribution in [0.5, 0.6) is 5.75 Å². The van der Waals surface area contributed by atoms with Crippen LogP contribution in [0, 0.1) is 17.8 Å². The van der Waals surface area contributed by atoms with Crippen LogP contribution in [0.2, 0.25) is 0 Å². The lowest BCUT2D eigenvalue weighted by Gasteiger charge is -2.31. The number of carboxylic acids is 3. The minimum atomic E-state index is -2.12. The monoisotopic (exact) mass is 1170 g/mol. The van der Waals surface area contributed by atoms with Gasteiger partial charge in [0, 0.05) is 19.3 Å². The summed E-state index contributed by atoms with van der Waals surface area (Å²) >= 11 is 0. The smallest absolute Gasteiger partial charge is 0.326 e. The number of aliphatic hydroxyl groups excluding tert-OH is 2. The SMILES string of the molecule is CC[C@H](C)[C@H](NC(=O)[C@H](CC(N)=O)NC(=O)[C@@H](NC(=O)[C@@H](N)CCC(=O)O)C(C)C)C(=O)N[C@H](C(=O)N[C@H](C(=O)N[C@@H](CC(=O)O)C(=O)N[C@@H](CO)C(=O)N[C@@H](CCC(N)=O)C(=O)N[C@@H](Cc1ccc(O)cc1)C(=O)O)[C@@H](C)O)C(C)C. The molecule has 1 rings (SSSR count). The maximum Gasteiger partial charge on any atom is 0.326 e. The zero-order valence-electron chi connectivity index (χ0n) is 46.4. The fourth-order valence-corrected chi connectivity index (χ4v) is 7.54. The second-order valence-corrected chi connectivity index (χ2v) is 20.1. The van der Waals surface area contributed by atoms with Crippen LogP contribution in [-0.4, -0.2) is 187 Å². The molecule has 21 N–H and O–H groups in total. The summed E-state index contributed by atoms with van der Waals surface area (Å²) in [5.74, 6) is -19.2. The molecule has 458 valence electrons. The van der Waals surface area contributed by atoms with Crippen LogP contribution in [0.3, 0.4) is 0 Å². The van der Waals surface area contributed by atoms with Crippen molar-refractivity contribution in [3.8, 4) is 5.75 Å². The highest BCUT2D eigenvalue weighted by Crippen LogP contribution is 2.15. The number of hydrogen-bond acceptors (Lipinski definition) is 18. The molecular formula is C50H78N12O20. The Morgan fingerprint density at radius 3 is 1.35 bits per heavy atom. The van der Waals surface area contributed by atoms with Crippen LogP contribution in [0.15, 0.2) is 24.3 Å². The van der Waals surface area contributed by atoms with E-state index in [0.29, 0.717) is 5.56 Å². The van der Waals surface area contributed by atoms with Crippen LogP contribution in [0.1, 0.15) is 99.0 Å². The van der Waals surface area contributed by atoms with Crippen LogP contribution in [0.4, 0.5) is 0 Å². The number of carbonyl (C=O) groups is 14. The molecule has 0 saturated carbocycles. The van der Waals surface area contributed by atoms with Crippen LogP contribution in [-0.2, 0) is 73.5 Å². The zero-order valence-corrected chi connectivity index (χ0v) is 46.4. The Morgan fingerprint density at radius 1 is 0.476 bits per heavy atom. The zero-order chi connectivity index (χ0) is 62.9. The topological polar surface area (TPSA) is 547 Å².